The smallest absolute Gasteiger partial charge is 0.377 e. The van der Waals surface area contributed by atoms with Crippen LogP contribution in [0, 0.1) is 0 Å². The first-order valence-corrected chi connectivity index (χ1v) is 6.18. The third kappa shape index (κ3) is 3.69. The van der Waals surface area contributed by atoms with Crippen LogP contribution in [0.2, 0.25) is 0 Å². The average molecular weight is 301 g/mol. The van der Waals surface area contributed by atoms with E-state index in [1.165, 1.54) is 19.4 Å². The number of ether oxygens (including phenoxy) is 1. The molecule has 0 saturated heterocycles. The van der Waals surface area contributed by atoms with E-state index in [0.717, 1.165) is 10.7 Å². The molecule has 0 bridgehead atoms. The highest BCUT2D eigenvalue weighted by atomic mass is 19.4. The van der Waals surface area contributed by atoms with Crippen LogP contribution in [0.4, 0.5) is 19.0 Å². The van der Waals surface area contributed by atoms with Crippen molar-refractivity contribution in [3.8, 4) is 5.82 Å². The Labute approximate surface area is 119 Å². The van der Waals surface area contributed by atoms with Crippen molar-refractivity contribution in [2.45, 2.75) is 19.7 Å². The maximum atomic E-state index is 12.6. The molecule has 2 aromatic rings. The summed E-state index contributed by atoms with van der Waals surface area (Å²) < 4.78 is 43.7. The minimum atomic E-state index is -4.49. The Morgan fingerprint density at radius 2 is 2.10 bits per heavy atom. The lowest BCUT2D eigenvalue weighted by molar-refractivity contribution is -0.141. The van der Waals surface area contributed by atoms with Gasteiger partial charge in [-0.25, -0.2) is 14.6 Å². The fourth-order valence-corrected chi connectivity index (χ4v) is 1.67. The van der Waals surface area contributed by atoms with E-state index < -0.39 is 11.9 Å². The first kappa shape index (κ1) is 15.2. The second kappa shape index (κ2) is 6.08. The molecule has 21 heavy (non-hydrogen) atoms. The lowest BCUT2D eigenvalue weighted by atomic mass is 10.4. The number of halogens is 3. The highest BCUT2D eigenvalue weighted by Crippen LogP contribution is 2.27. The Hall–Kier alpha value is -2.16. The van der Waals surface area contributed by atoms with Crippen LogP contribution in [0.15, 0.2) is 18.3 Å². The van der Waals surface area contributed by atoms with Crippen LogP contribution in [0.5, 0.6) is 0 Å². The first-order chi connectivity index (χ1) is 9.94. The number of hydrogen-bond donors (Lipinski definition) is 1. The summed E-state index contributed by atoms with van der Waals surface area (Å²) in [6.45, 7) is 2.66. The van der Waals surface area contributed by atoms with Gasteiger partial charge in [0.1, 0.15) is 12.4 Å². The molecule has 0 unspecified atom stereocenters. The molecule has 0 aliphatic carbocycles. The van der Waals surface area contributed by atoms with E-state index >= 15 is 0 Å². The Kier molecular flexibility index (Phi) is 4.41. The summed E-state index contributed by atoms with van der Waals surface area (Å²) in [6, 6.07) is 2.42. The molecule has 6 nitrogen and oxygen atoms in total. The lowest BCUT2D eigenvalue weighted by Crippen LogP contribution is -2.10. The molecule has 0 fully saturated rings. The van der Waals surface area contributed by atoms with Crippen molar-refractivity contribution in [2.75, 3.05) is 19.0 Å². The molecule has 0 amide bonds. The number of alkyl halides is 3. The van der Waals surface area contributed by atoms with Crippen molar-refractivity contribution >= 4 is 5.82 Å². The third-order valence-corrected chi connectivity index (χ3v) is 2.50. The zero-order valence-corrected chi connectivity index (χ0v) is 11.5. The van der Waals surface area contributed by atoms with Crippen LogP contribution >= 0.6 is 0 Å². The molecule has 1 N–H and O–H groups in total. The molecule has 2 heterocycles. The minimum Gasteiger partial charge on any atom is -0.377 e. The summed E-state index contributed by atoms with van der Waals surface area (Å²) in [6.07, 6.45) is -3.28. The van der Waals surface area contributed by atoms with Gasteiger partial charge in [0.15, 0.2) is 17.3 Å². The van der Waals surface area contributed by atoms with Gasteiger partial charge in [-0.15, -0.1) is 0 Å². The second-order valence-electron chi connectivity index (χ2n) is 4.13. The van der Waals surface area contributed by atoms with Crippen LogP contribution < -0.4 is 5.32 Å². The highest BCUT2D eigenvalue weighted by molar-refractivity contribution is 5.41. The number of nitrogens with one attached hydrogen (secondary N) is 1. The Balaban J connectivity index is 2.39. The van der Waals surface area contributed by atoms with Gasteiger partial charge < -0.3 is 10.1 Å². The van der Waals surface area contributed by atoms with Crippen LogP contribution in [-0.2, 0) is 17.5 Å². The van der Waals surface area contributed by atoms with Gasteiger partial charge in [-0.3, -0.25) is 0 Å². The maximum Gasteiger partial charge on any atom is 0.435 e. The van der Waals surface area contributed by atoms with Crippen molar-refractivity contribution in [3.63, 3.8) is 0 Å². The predicted octanol–water partition coefficient (Wildman–Crippen LogP) is 2.26. The van der Waals surface area contributed by atoms with Gasteiger partial charge in [-0.1, -0.05) is 0 Å². The molecule has 2 rings (SSSR count). The van der Waals surface area contributed by atoms with Gasteiger partial charge >= 0.3 is 6.18 Å². The number of hydrogen-bond acceptors (Lipinski definition) is 5. The van der Waals surface area contributed by atoms with E-state index in [9.17, 15) is 13.2 Å². The summed E-state index contributed by atoms with van der Waals surface area (Å²) >= 11 is 0. The summed E-state index contributed by atoms with van der Waals surface area (Å²) in [5.74, 6) is 1.09. The molecular formula is C12H14F3N5O. The lowest BCUT2D eigenvalue weighted by Gasteiger charge is -2.08. The molecule has 114 valence electrons. The van der Waals surface area contributed by atoms with Crippen molar-refractivity contribution in [1.29, 1.82) is 0 Å². The van der Waals surface area contributed by atoms with Crippen LogP contribution in [0.25, 0.3) is 5.82 Å². The van der Waals surface area contributed by atoms with Gasteiger partial charge in [0.05, 0.1) is 0 Å². The summed E-state index contributed by atoms with van der Waals surface area (Å²) in [5, 5.41) is 6.47. The first-order valence-electron chi connectivity index (χ1n) is 6.18. The zero-order chi connectivity index (χ0) is 15.5. The molecule has 2 aromatic heterocycles. The summed E-state index contributed by atoms with van der Waals surface area (Å²) in [5.41, 5.74) is -0.973. The second-order valence-corrected chi connectivity index (χ2v) is 4.13. The maximum absolute atomic E-state index is 12.6. The predicted molar refractivity (Wildman–Crippen MR) is 69.0 cm³/mol. The molecular weight excluding hydrogens is 287 g/mol. The zero-order valence-electron chi connectivity index (χ0n) is 11.5. The van der Waals surface area contributed by atoms with Crippen molar-refractivity contribution < 1.29 is 17.9 Å². The highest BCUT2D eigenvalue weighted by Gasteiger charge is 2.33. The van der Waals surface area contributed by atoms with E-state index in [0.29, 0.717) is 18.2 Å². The van der Waals surface area contributed by atoms with Gasteiger partial charge in [-0.2, -0.15) is 18.3 Å². The minimum absolute atomic E-state index is 0.152. The molecule has 0 aliphatic rings. The average Bonchev–Trinajstić information content (AvgIpc) is 2.88. The van der Waals surface area contributed by atoms with Crippen molar-refractivity contribution in [2.24, 2.45) is 0 Å². The topological polar surface area (TPSA) is 64.9 Å². The van der Waals surface area contributed by atoms with Gasteiger partial charge in [0, 0.05) is 25.9 Å². The quantitative estimate of drug-likeness (QED) is 0.917. The number of nitrogens with zero attached hydrogens (tertiary/aromatic N) is 4. The Morgan fingerprint density at radius 1 is 1.33 bits per heavy atom. The molecule has 0 aromatic carbocycles. The fourth-order valence-electron chi connectivity index (χ4n) is 1.67. The molecule has 0 aliphatic heterocycles. The SMILES string of the molecule is CCNc1cc(-n2ccc(C(F)(F)F)n2)nc(COC)n1. The number of aromatic nitrogens is 4. The van der Waals surface area contributed by atoms with Crippen LogP contribution in [0.1, 0.15) is 18.4 Å². The van der Waals surface area contributed by atoms with E-state index in [1.807, 2.05) is 6.92 Å². The van der Waals surface area contributed by atoms with Crippen LogP contribution in [-0.4, -0.2) is 33.4 Å². The van der Waals surface area contributed by atoms with Gasteiger partial charge in [0.2, 0.25) is 0 Å². The monoisotopic (exact) mass is 301 g/mol. The number of anilines is 1. The van der Waals surface area contributed by atoms with Gasteiger partial charge in [0.25, 0.3) is 0 Å². The largest absolute Gasteiger partial charge is 0.435 e. The molecule has 0 atom stereocenters. The fraction of sp³-hybridized carbons (Fsp3) is 0.417. The standard InChI is InChI=1S/C12H14F3N5O/c1-3-16-9-6-11(18-10(17-9)7-21-2)20-5-4-8(19-20)12(13,14)15/h4-6H,3,7H2,1-2H3,(H,16,17,18). The summed E-state index contributed by atoms with van der Waals surface area (Å²) in [7, 11) is 1.48. The van der Waals surface area contributed by atoms with E-state index in [2.05, 4.69) is 20.4 Å². The van der Waals surface area contributed by atoms with E-state index in [-0.39, 0.29) is 12.4 Å². The van der Waals surface area contributed by atoms with Gasteiger partial charge in [-0.05, 0) is 13.0 Å². The normalized spacial score (nSPS) is 11.7. The number of rotatable bonds is 5. The summed E-state index contributed by atoms with van der Waals surface area (Å²) in [4.78, 5) is 8.31. The Bertz CT molecular complexity index is 587. The van der Waals surface area contributed by atoms with Crippen molar-refractivity contribution in [1.82, 2.24) is 19.7 Å². The molecule has 9 heteroatoms. The molecule has 0 saturated carbocycles. The van der Waals surface area contributed by atoms with Crippen LogP contribution in [0.3, 0.4) is 0 Å². The number of methoxy groups -OCH3 is 1. The third-order valence-electron chi connectivity index (χ3n) is 2.50. The van der Waals surface area contributed by atoms with Crippen molar-refractivity contribution in [3.05, 3.63) is 29.8 Å². The molecule has 0 spiro atoms. The van der Waals surface area contributed by atoms with E-state index in [4.69, 9.17) is 4.74 Å². The Morgan fingerprint density at radius 3 is 2.67 bits per heavy atom. The van der Waals surface area contributed by atoms with E-state index in [1.54, 1.807) is 0 Å². The molecule has 0 radical (unpaired) electrons.